The fraction of sp³-hybridized carbons (Fsp3) is 0.357. The molecule has 2 aliphatic heterocycles. The first-order valence-corrected chi connectivity index (χ1v) is 12.3. The predicted molar refractivity (Wildman–Crippen MR) is 138 cm³/mol. The van der Waals surface area contributed by atoms with Crippen LogP contribution in [0.25, 0.3) is 21.9 Å². The lowest BCUT2D eigenvalue weighted by Crippen LogP contribution is -2.60. The largest absolute Gasteiger partial charge is 0.355 e. The summed E-state index contributed by atoms with van der Waals surface area (Å²) >= 11 is 0. The maximum atomic E-state index is 13.2. The van der Waals surface area contributed by atoms with Crippen LogP contribution >= 0.6 is 0 Å². The van der Waals surface area contributed by atoms with Crippen LogP contribution in [-0.4, -0.2) is 63.7 Å². The summed E-state index contributed by atoms with van der Waals surface area (Å²) in [6.07, 6.45) is 10.2. The number of rotatable bonds is 5. The predicted octanol–water partition coefficient (Wildman–Crippen LogP) is 3.99. The van der Waals surface area contributed by atoms with Crippen molar-refractivity contribution in [2.24, 2.45) is 12.5 Å². The number of aromatic nitrogens is 4. The minimum Gasteiger partial charge on any atom is -0.355 e. The molecule has 178 valence electrons. The van der Waals surface area contributed by atoms with Crippen LogP contribution in [0.15, 0.2) is 61.2 Å². The Bertz CT molecular complexity index is 1390. The molecule has 2 fully saturated rings. The Hall–Kier alpha value is -3.58. The van der Waals surface area contributed by atoms with Gasteiger partial charge in [0.15, 0.2) is 5.78 Å². The number of nitrogens with zero attached hydrogens (tertiary/aromatic N) is 6. The average Bonchev–Trinajstić information content (AvgIpc) is 3.29. The Morgan fingerprint density at radius 2 is 1.77 bits per heavy atom. The van der Waals surface area contributed by atoms with E-state index in [0.29, 0.717) is 11.0 Å². The van der Waals surface area contributed by atoms with Gasteiger partial charge in [0, 0.05) is 66.3 Å². The van der Waals surface area contributed by atoms with Gasteiger partial charge in [-0.1, -0.05) is 12.1 Å². The van der Waals surface area contributed by atoms with Crippen molar-refractivity contribution in [1.82, 2.24) is 24.6 Å². The fourth-order valence-corrected chi connectivity index (χ4v) is 5.40. The molecule has 0 radical (unpaired) electrons. The van der Waals surface area contributed by atoms with E-state index in [1.54, 1.807) is 10.9 Å². The molecule has 35 heavy (non-hydrogen) atoms. The lowest BCUT2D eigenvalue weighted by molar-refractivity contribution is 0.0900. The highest BCUT2D eigenvalue weighted by molar-refractivity contribution is 5.98. The van der Waals surface area contributed by atoms with Gasteiger partial charge in [0.05, 0.1) is 12.6 Å². The molecule has 0 saturated carbocycles. The topological polar surface area (TPSA) is 67.2 Å². The molecule has 0 atom stereocenters. The van der Waals surface area contributed by atoms with Gasteiger partial charge in [-0.2, -0.15) is 5.10 Å². The summed E-state index contributed by atoms with van der Waals surface area (Å²) in [5, 5.41) is 6.40. The second-order valence-corrected chi connectivity index (χ2v) is 10.3. The zero-order chi connectivity index (χ0) is 24.0. The highest BCUT2D eigenvalue weighted by Gasteiger charge is 2.44. The molecule has 7 heteroatoms. The third kappa shape index (κ3) is 4.32. The van der Waals surface area contributed by atoms with E-state index in [1.807, 2.05) is 43.8 Å². The van der Waals surface area contributed by atoms with E-state index < -0.39 is 0 Å². The molecule has 1 aromatic carbocycles. The molecule has 0 bridgehead atoms. The first-order chi connectivity index (χ1) is 17.0. The standard InChI is InChI=1S/C28H30N6O/c1-32-9-6-28(7-10-32)18-34(19-28)27-13-21(5-8-29-27)26(35)14-25-12-23-11-20(3-4-22(23)15-30-25)24-16-31-33(2)17-24/h3-5,8,11-13,15-17H,6-7,9-10,14,18-19H2,1-2H3. The molecular weight excluding hydrogens is 436 g/mol. The van der Waals surface area contributed by atoms with Crippen LogP contribution in [0.2, 0.25) is 0 Å². The Morgan fingerprint density at radius 1 is 0.943 bits per heavy atom. The summed E-state index contributed by atoms with van der Waals surface area (Å²) in [5.41, 5.74) is 4.08. The number of hydrogen-bond acceptors (Lipinski definition) is 6. The molecule has 2 saturated heterocycles. The highest BCUT2D eigenvalue weighted by atomic mass is 16.1. The minimum absolute atomic E-state index is 0.0680. The van der Waals surface area contributed by atoms with Crippen LogP contribution in [0.5, 0.6) is 0 Å². The number of piperidine rings is 1. The van der Waals surface area contributed by atoms with Crippen LogP contribution in [-0.2, 0) is 13.5 Å². The van der Waals surface area contributed by atoms with Gasteiger partial charge in [0.1, 0.15) is 5.82 Å². The molecule has 1 spiro atoms. The molecule has 7 nitrogen and oxygen atoms in total. The molecule has 0 N–H and O–H groups in total. The number of aryl methyl sites for hydroxylation is 1. The lowest BCUT2D eigenvalue weighted by atomic mass is 9.72. The third-order valence-electron chi connectivity index (χ3n) is 7.65. The SMILES string of the molecule is CN1CCC2(CC1)CN(c1cc(C(=O)Cc3cc4cc(-c5cnn(C)c5)ccc4cn3)ccn1)C2. The molecule has 4 aromatic rings. The minimum atomic E-state index is 0.0680. The quantitative estimate of drug-likeness (QED) is 0.415. The smallest absolute Gasteiger partial charge is 0.169 e. The molecule has 0 aliphatic carbocycles. The zero-order valence-electron chi connectivity index (χ0n) is 20.3. The van der Waals surface area contributed by atoms with Gasteiger partial charge >= 0.3 is 0 Å². The maximum absolute atomic E-state index is 13.2. The fourth-order valence-electron chi connectivity index (χ4n) is 5.40. The highest BCUT2D eigenvalue weighted by Crippen LogP contribution is 2.41. The van der Waals surface area contributed by atoms with E-state index in [0.717, 1.165) is 46.5 Å². The van der Waals surface area contributed by atoms with Gasteiger partial charge in [-0.25, -0.2) is 4.98 Å². The Morgan fingerprint density at radius 3 is 2.54 bits per heavy atom. The molecule has 0 unspecified atom stereocenters. The Labute approximate surface area is 205 Å². The van der Waals surface area contributed by atoms with E-state index in [4.69, 9.17) is 0 Å². The molecular formula is C28H30N6O. The molecule has 3 aromatic heterocycles. The third-order valence-corrected chi connectivity index (χ3v) is 7.65. The maximum Gasteiger partial charge on any atom is 0.169 e. The Balaban J connectivity index is 1.17. The summed E-state index contributed by atoms with van der Waals surface area (Å²) in [6, 6.07) is 12.1. The number of ketones is 1. The summed E-state index contributed by atoms with van der Waals surface area (Å²) in [5.74, 6) is 0.978. The van der Waals surface area contributed by atoms with E-state index in [9.17, 15) is 4.79 Å². The summed E-state index contributed by atoms with van der Waals surface area (Å²) < 4.78 is 1.80. The van der Waals surface area contributed by atoms with Crippen molar-refractivity contribution in [2.75, 3.05) is 38.1 Å². The number of likely N-dealkylation sites (tertiary alicyclic amines) is 1. The van der Waals surface area contributed by atoms with Crippen molar-refractivity contribution in [3.63, 3.8) is 0 Å². The van der Waals surface area contributed by atoms with Crippen LogP contribution in [0.4, 0.5) is 5.82 Å². The van der Waals surface area contributed by atoms with E-state index in [2.05, 4.69) is 50.1 Å². The second-order valence-electron chi connectivity index (χ2n) is 10.3. The number of Topliss-reactive ketones (excluding diaryl/α,β-unsaturated/α-hetero) is 1. The summed E-state index contributed by atoms with van der Waals surface area (Å²) in [6.45, 7) is 4.42. The van der Waals surface area contributed by atoms with Crippen LogP contribution < -0.4 is 4.90 Å². The first-order valence-electron chi connectivity index (χ1n) is 12.3. The normalized spacial score (nSPS) is 17.6. The number of pyridine rings is 2. The summed E-state index contributed by atoms with van der Waals surface area (Å²) in [4.78, 5) is 27.0. The van der Waals surface area contributed by atoms with Crippen molar-refractivity contribution in [3.05, 3.63) is 72.4 Å². The van der Waals surface area contributed by atoms with Crippen molar-refractivity contribution < 1.29 is 4.79 Å². The molecule has 5 heterocycles. The van der Waals surface area contributed by atoms with Gasteiger partial charge in [-0.05, 0) is 68.2 Å². The summed E-state index contributed by atoms with van der Waals surface area (Å²) in [7, 11) is 4.11. The number of carbonyl (C=O) groups is 1. The van der Waals surface area contributed by atoms with Crippen molar-refractivity contribution in [3.8, 4) is 11.1 Å². The molecule has 0 amide bonds. The van der Waals surface area contributed by atoms with Crippen LogP contribution in [0, 0.1) is 5.41 Å². The zero-order valence-corrected chi connectivity index (χ0v) is 20.3. The van der Waals surface area contributed by atoms with Crippen LogP contribution in [0.3, 0.4) is 0 Å². The second kappa shape index (κ2) is 8.57. The monoisotopic (exact) mass is 466 g/mol. The number of benzene rings is 1. The molecule has 2 aliphatic rings. The molecule has 6 rings (SSSR count). The number of fused-ring (bicyclic) bond motifs is 1. The Kier molecular flexibility index (Phi) is 5.37. The first kappa shape index (κ1) is 21.9. The number of hydrogen-bond donors (Lipinski definition) is 0. The van der Waals surface area contributed by atoms with Gasteiger partial charge in [-0.15, -0.1) is 0 Å². The van der Waals surface area contributed by atoms with Gasteiger partial charge in [0.2, 0.25) is 0 Å². The number of anilines is 1. The van der Waals surface area contributed by atoms with Gasteiger partial charge in [0.25, 0.3) is 0 Å². The van der Waals surface area contributed by atoms with Crippen molar-refractivity contribution >= 4 is 22.4 Å². The lowest BCUT2D eigenvalue weighted by Gasteiger charge is -2.54. The van der Waals surface area contributed by atoms with Crippen molar-refractivity contribution in [1.29, 1.82) is 0 Å². The van der Waals surface area contributed by atoms with E-state index in [-0.39, 0.29) is 12.2 Å². The van der Waals surface area contributed by atoms with Crippen molar-refractivity contribution in [2.45, 2.75) is 19.3 Å². The number of carbonyl (C=O) groups excluding carboxylic acids is 1. The van der Waals surface area contributed by atoms with Gasteiger partial charge < -0.3 is 9.80 Å². The van der Waals surface area contributed by atoms with Gasteiger partial charge in [-0.3, -0.25) is 14.5 Å². The average molecular weight is 467 g/mol. The van der Waals surface area contributed by atoms with Crippen LogP contribution in [0.1, 0.15) is 28.9 Å². The van der Waals surface area contributed by atoms with E-state index in [1.165, 1.54) is 25.9 Å². The van der Waals surface area contributed by atoms with E-state index >= 15 is 0 Å².